The van der Waals surface area contributed by atoms with Crippen LogP contribution in [0.5, 0.6) is 0 Å². The fraction of sp³-hybridized carbons (Fsp3) is 0.238. The maximum absolute atomic E-state index is 12.4. The Morgan fingerprint density at radius 1 is 1.14 bits per heavy atom. The van der Waals surface area contributed by atoms with Crippen molar-refractivity contribution in [2.24, 2.45) is 0 Å². The number of aromatic nitrogens is 2. The van der Waals surface area contributed by atoms with Crippen molar-refractivity contribution in [1.82, 2.24) is 15.1 Å². The lowest BCUT2D eigenvalue weighted by atomic mass is 10.1. The lowest BCUT2D eigenvalue weighted by molar-refractivity contribution is -0.385. The van der Waals surface area contributed by atoms with Gasteiger partial charge in [-0.3, -0.25) is 14.9 Å². The molecule has 1 aromatic heterocycles. The molecule has 0 radical (unpaired) electrons. The van der Waals surface area contributed by atoms with Gasteiger partial charge in [0.1, 0.15) is 0 Å². The van der Waals surface area contributed by atoms with E-state index in [2.05, 4.69) is 10.4 Å². The van der Waals surface area contributed by atoms with Crippen LogP contribution < -0.4 is 5.32 Å². The Kier molecular flexibility index (Phi) is 5.54. The van der Waals surface area contributed by atoms with Crippen LogP contribution >= 0.6 is 0 Å². The quantitative estimate of drug-likeness (QED) is 0.523. The summed E-state index contributed by atoms with van der Waals surface area (Å²) < 4.78 is 1.89. The third-order valence-corrected chi connectivity index (χ3v) is 4.64. The van der Waals surface area contributed by atoms with Crippen LogP contribution in [0, 0.1) is 30.9 Å². The van der Waals surface area contributed by atoms with E-state index in [0.29, 0.717) is 24.1 Å². The lowest BCUT2D eigenvalue weighted by Gasteiger charge is -2.09. The van der Waals surface area contributed by atoms with E-state index in [1.165, 1.54) is 12.1 Å². The van der Waals surface area contributed by atoms with Crippen LogP contribution in [-0.4, -0.2) is 27.2 Å². The molecule has 3 aromatic rings. The Hall–Kier alpha value is -3.48. The van der Waals surface area contributed by atoms with E-state index in [-0.39, 0.29) is 11.6 Å². The maximum atomic E-state index is 12.4. The first-order chi connectivity index (χ1) is 13.4. The third kappa shape index (κ3) is 4.09. The van der Waals surface area contributed by atoms with Crippen molar-refractivity contribution in [2.75, 3.05) is 6.54 Å². The summed E-state index contributed by atoms with van der Waals surface area (Å²) in [6, 6.07) is 14.6. The Labute approximate surface area is 163 Å². The summed E-state index contributed by atoms with van der Waals surface area (Å²) in [4.78, 5) is 22.9. The van der Waals surface area contributed by atoms with Crippen LogP contribution in [0.15, 0.2) is 48.5 Å². The molecule has 2 aromatic carbocycles. The van der Waals surface area contributed by atoms with E-state index in [0.717, 1.165) is 22.6 Å². The molecule has 0 aliphatic rings. The molecule has 1 N–H and O–H groups in total. The molecule has 0 spiro atoms. The van der Waals surface area contributed by atoms with E-state index < -0.39 is 4.92 Å². The predicted molar refractivity (Wildman–Crippen MR) is 107 cm³/mol. The van der Waals surface area contributed by atoms with Crippen LogP contribution in [0.1, 0.15) is 32.9 Å². The predicted octanol–water partition coefficient (Wildman–Crippen LogP) is 3.68. The average Bonchev–Trinajstić information content (AvgIpc) is 3.00. The molecule has 0 saturated carbocycles. The van der Waals surface area contributed by atoms with Gasteiger partial charge in [-0.05, 0) is 57.0 Å². The average molecular weight is 378 g/mol. The number of benzene rings is 2. The van der Waals surface area contributed by atoms with Gasteiger partial charge in [0.2, 0.25) is 0 Å². The molecule has 0 fully saturated rings. The van der Waals surface area contributed by atoms with Crippen LogP contribution in [0.2, 0.25) is 0 Å². The number of hydrogen-bond donors (Lipinski definition) is 1. The van der Waals surface area contributed by atoms with Gasteiger partial charge in [0, 0.05) is 29.4 Å². The van der Waals surface area contributed by atoms with Crippen molar-refractivity contribution in [3.8, 4) is 5.69 Å². The number of carbonyl (C=O) groups is 1. The smallest absolute Gasteiger partial charge is 0.273 e. The van der Waals surface area contributed by atoms with Gasteiger partial charge < -0.3 is 5.32 Å². The number of rotatable bonds is 6. The Morgan fingerprint density at radius 3 is 2.46 bits per heavy atom. The molecule has 7 heteroatoms. The molecule has 0 atom stereocenters. The number of nitrogens with one attached hydrogen (secondary N) is 1. The summed E-state index contributed by atoms with van der Waals surface area (Å²) >= 11 is 0. The topological polar surface area (TPSA) is 90.1 Å². The fourth-order valence-corrected chi connectivity index (χ4v) is 3.18. The first kappa shape index (κ1) is 19.3. The number of carbonyl (C=O) groups excluding carboxylic acids is 1. The first-order valence-electron chi connectivity index (χ1n) is 9.01. The second-order valence-electron chi connectivity index (χ2n) is 6.72. The minimum absolute atomic E-state index is 0.0487. The highest BCUT2D eigenvalue weighted by atomic mass is 16.6. The highest BCUT2D eigenvalue weighted by Gasteiger charge is 2.17. The molecule has 1 heterocycles. The third-order valence-electron chi connectivity index (χ3n) is 4.64. The van der Waals surface area contributed by atoms with Gasteiger partial charge in [-0.1, -0.05) is 18.2 Å². The zero-order valence-electron chi connectivity index (χ0n) is 16.1. The van der Waals surface area contributed by atoms with E-state index in [9.17, 15) is 14.9 Å². The highest BCUT2D eigenvalue weighted by Crippen LogP contribution is 2.21. The van der Waals surface area contributed by atoms with Crippen molar-refractivity contribution in [1.29, 1.82) is 0 Å². The molecule has 0 aliphatic heterocycles. The molecule has 0 saturated heterocycles. The summed E-state index contributed by atoms with van der Waals surface area (Å²) in [6.07, 6.45) is 0.664. The number of nitro groups is 1. The van der Waals surface area contributed by atoms with Gasteiger partial charge in [0.05, 0.1) is 16.3 Å². The summed E-state index contributed by atoms with van der Waals surface area (Å²) in [5, 5.41) is 18.3. The Morgan fingerprint density at radius 2 is 1.86 bits per heavy atom. The summed E-state index contributed by atoms with van der Waals surface area (Å²) in [5.74, 6) is -0.305. The van der Waals surface area contributed by atoms with E-state index in [4.69, 9.17) is 0 Å². The van der Waals surface area contributed by atoms with Crippen molar-refractivity contribution in [2.45, 2.75) is 27.2 Å². The molecule has 144 valence electrons. The minimum atomic E-state index is -0.476. The van der Waals surface area contributed by atoms with Gasteiger partial charge in [-0.15, -0.1) is 0 Å². The van der Waals surface area contributed by atoms with Gasteiger partial charge in [0.15, 0.2) is 0 Å². The molecular formula is C21H22N4O3. The minimum Gasteiger partial charge on any atom is -0.352 e. The first-order valence-corrected chi connectivity index (χ1v) is 9.01. The molecule has 0 bridgehead atoms. The lowest BCUT2D eigenvalue weighted by Crippen LogP contribution is -2.26. The molecule has 0 unspecified atom stereocenters. The zero-order valence-corrected chi connectivity index (χ0v) is 16.1. The van der Waals surface area contributed by atoms with Crippen LogP contribution in [0.3, 0.4) is 0 Å². The number of aryl methyl sites for hydroxylation is 2. The molecular weight excluding hydrogens is 356 g/mol. The van der Waals surface area contributed by atoms with Gasteiger partial charge in [-0.2, -0.15) is 5.10 Å². The van der Waals surface area contributed by atoms with E-state index in [1.54, 1.807) is 13.0 Å². The second kappa shape index (κ2) is 8.04. The fourth-order valence-electron chi connectivity index (χ4n) is 3.18. The monoisotopic (exact) mass is 378 g/mol. The zero-order chi connectivity index (χ0) is 20.3. The molecule has 0 aliphatic carbocycles. The highest BCUT2D eigenvalue weighted by molar-refractivity contribution is 5.96. The van der Waals surface area contributed by atoms with Gasteiger partial charge in [0.25, 0.3) is 11.6 Å². The van der Waals surface area contributed by atoms with Crippen LogP contribution in [0.4, 0.5) is 5.69 Å². The summed E-state index contributed by atoms with van der Waals surface area (Å²) in [5.41, 5.74) is 4.78. The molecule has 7 nitrogen and oxygen atoms in total. The largest absolute Gasteiger partial charge is 0.352 e. The van der Waals surface area contributed by atoms with Crippen molar-refractivity contribution in [3.05, 3.63) is 86.7 Å². The van der Waals surface area contributed by atoms with Crippen molar-refractivity contribution < 1.29 is 9.72 Å². The number of amides is 1. The SMILES string of the molecule is Cc1cc(C)n(-c2ccc(CCNC(=O)c3cccc([N+](=O)[O-])c3C)cc2)n1. The van der Waals surface area contributed by atoms with Gasteiger partial charge >= 0.3 is 0 Å². The molecule has 28 heavy (non-hydrogen) atoms. The summed E-state index contributed by atoms with van der Waals surface area (Å²) in [6.45, 7) is 6.01. The van der Waals surface area contributed by atoms with Crippen molar-refractivity contribution >= 4 is 11.6 Å². The second-order valence-corrected chi connectivity index (χ2v) is 6.72. The number of nitro benzene ring substituents is 1. The Bertz CT molecular complexity index is 1020. The maximum Gasteiger partial charge on any atom is 0.273 e. The van der Waals surface area contributed by atoms with Gasteiger partial charge in [-0.25, -0.2) is 4.68 Å². The van der Waals surface area contributed by atoms with E-state index in [1.807, 2.05) is 48.9 Å². The number of hydrogen-bond acceptors (Lipinski definition) is 4. The van der Waals surface area contributed by atoms with Crippen molar-refractivity contribution in [3.63, 3.8) is 0 Å². The standard InChI is InChI=1S/C21H22N4O3/c1-14-13-15(2)24(23-14)18-9-7-17(8-10-18)11-12-22-21(26)19-5-4-6-20(16(19)3)25(27)28/h4-10,13H,11-12H2,1-3H3,(H,22,26). The summed E-state index contributed by atoms with van der Waals surface area (Å²) in [7, 11) is 0. The normalized spacial score (nSPS) is 10.7. The molecule has 1 amide bonds. The Balaban J connectivity index is 1.61. The van der Waals surface area contributed by atoms with E-state index >= 15 is 0 Å². The van der Waals surface area contributed by atoms with Crippen LogP contribution in [-0.2, 0) is 6.42 Å². The number of nitrogens with zero attached hydrogens (tertiary/aromatic N) is 3. The van der Waals surface area contributed by atoms with Crippen LogP contribution in [0.25, 0.3) is 5.69 Å². The molecule has 3 rings (SSSR count).